The third-order valence-electron chi connectivity index (χ3n) is 4.62. The van der Waals surface area contributed by atoms with Crippen LogP contribution >= 0.6 is 0 Å². The Morgan fingerprint density at radius 2 is 1.94 bits per heavy atom. The molecule has 0 bridgehead atoms. The molecule has 1 saturated heterocycles. The standard InChI is InChI=1S/C15H31N3/c1-15(2,13-5-4-10-18(3)11-13)12-16-8-9-17-14-6-7-14/h13-14,16-17H,4-12H2,1-3H3. The number of piperidine rings is 1. The second-order valence-electron chi connectivity index (χ2n) is 7.00. The normalized spacial score (nSPS) is 26.5. The zero-order chi connectivity index (χ0) is 13.0. The van der Waals surface area contributed by atoms with Crippen LogP contribution in [0.3, 0.4) is 0 Å². The Labute approximate surface area is 113 Å². The van der Waals surface area contributed by atoms with E-state index in [2.05, 4.69) is 36.4 Å². The molecule has 18 heavy (non-hydrogen) atoms. The third kappa shape index (κ3) is 4.52. The third-order valence-corrected chi connectivity index (χ3v) is 4.62. The summed E-state index contributed by atoms with van der Waals surface area (Å²) in [5, 5.41) is 7.20. The Balaban J connectivity index is 1.62. The van der Waals surface area contributed by atoms with Crippen LogP contribution in [0.5, 0.6) is 0 Å². The van der Waals surface area contributed by atoms with Crippen LogP contribution in [-0.4, -0.2) is 50.7 Å². The average Bonchev–Trinajstić information content (AvgIpc) is 3.12. The number of nitrogens with one attached hydrogen (secondary N) is 2. The molecular weight excluding hydrogens is 222 g/mol. The van der Waals surface area contributed by atoms with Crippen LogP contribution in [0.4, 0.5) is 0 Å². The van der Waals surface area contributed by atoms with E-state index in [4.69, 9.17) is 0 Å². The highest BCUT2D eigenvalue weighted by Crippen LogP contribution is 2.32. The molecule has 1 atom stereocenters. The van der Waals surface area contributed by atoms with Gasteiger partial charge < -0.3 is 15.5 Å². The summed E-state index contributed by atoms with van der Waals surface area (Å²) < 4.78 is 0. The van der Waals surface area contributed by atoms with E-state index in [1.54, 1.807) is 0 Å². The van der Waals surface area contributed by atoms with Gasteiger partial charge in [-0.25, -0.2) is 0 Å². The van der Waals surface area contributed by atoms with Gasteiger partial charge in [0, 0.05) is 32.2 Å². The number of hydrogen-bond donors (Lipinski definition) is 2. The van der Waals surface area contributed by atoms with Crippen molar-refractivity contribution >= 4 is 0 Å². The predicted octanol–water partition coefficient (Wildman–Crippen LogP) is 1.70. The zero-order valence-electron chi connectivity index (χ0n) is 12.5. The summed E-state index contributed by atoms with van der Waals surface area (Å²) in [5.74, 6) is 0.847. The molecule has 1 aliphatic carbocycles. The van der Waals surface area contributed by atoms with Gasteiger partial charge in [-0.15, -0.1) is 0 Å². The lowest BCUT2D eigenvalue weighted by Crippen LogP contribution is -2.45. The van der Waals surface area contributed by atoms with Crippen molar-refractivity contribution < 1.29 is 0 Å². The fraction of sp³-hybridized carbons (Fsp3) is 1.00. The largest absolute Gasteiger partial charge is 0.315 e. The number of nitrogens with zero attached hydrogens (tertiary/aromatic N) is 1. The van der Waals surface area contributed by atoms with Crippen molar-refractivity contribution in [1.82, 2.24) is 15.5 Å². The van der Waals surface area contributed by atoms with Crippen molar-refractivity contribution in [3.8, 4) is 0 Å². The van der Waals surface area contributed by atoms with Gasteiger partial charge in [-0.3, -0.25) is 0 Å². The summed E-state index contributed by atoms with van der Waals surface area (Å²) in [6.45, 7) is 10.8. The SMILES string of the molecule is CN1CCCC(C(C)(C)CNCCNC2CC2)C1. The average molecular weight is 253 g/mol. The monoisotopic (exact) mass is 253 g/mol. The first-order valence-electron chi connectivity index (χ1n) is 7.70. The van der Waals surface area contributed by atoms with Crippen molar-refractivity contribution in [3.05, 3.63) is 0 Å². The summed E-state index contributed by atoms with van der Waals surface area (Å²) in [6, 6.07) is 0.840. The van der Waals surface area contributed by atoms with Crippen LogP contribution in [-0.2, 0) is 0 Å². The second-order valence-corrected chi connectivity index (χ2v) is 7.00. The summed E-state index contributed by atoms with van der Waals surface area (Å²) in [6.07, 6.45) is 5.55. The van der Waals surface area contributed by atoms with Crippen molar-refractivity contribution in [2.24, 2.45) is 11.3 Å². The van der Waals surface area contributed by atoms with Gasteiger partial charge in [0.1, 0.15) is 0 Å². The smallest absolute Gasteiger partial charge is 0.00793 e. The molecule has 1 saturated carbocycles. The maximum Gasteiger partial charge on any atom is 0.00793 e. The molecule has 0 aromatic rings. The quantitative estimate of drug-likeness (QED) is 0.676. The van der Waals surface area contributed by atoms with Crippen molar-refractivity contribution in [3.63, 3.8) is 0 Å². The van der Waals surface area contributed by atoms with Gasteiger partial charge >= 0.3 is 0 Å². The minimum Gasteiger partial charge on any atom is -0.315 e. The highest BCUT2D eigenvalue weighted by Gasteiger charge is 2.31. The van der Waals surface area contributed by atoms with Crippen molar-refractivity contribution in [2.75, 3.05) is 39.8 Å². The summed E-state index contributed by atoms with van der Waals surface area (Å²) in [4.78, 5) is 2.49. The van der Waals surface area contributed by atoms with E-state index in [0.717, 1.165) is 31.6 Å². The molecule has 0 amide bonds. The molecule has 1 heterocycles. The predicted molar refractivity (Wildman–Crippen MR) is 77.9 cm³/mol. The molecule has 0 radical (unpaired) electrons. The first kappa shape index (κ1) is 14.3. The summed E-state index contributed by atoms with van der Waals surface area (Å²) in [7, 11) is 2.26. The molecule has 1 aliphatic heterocycles. The molecule has 2 N–H and O–H groups in total. The molecule has 2 fully saturated rings. The molecule has 3 nitrogen and oxygen atoms in total. The molecule has 106 valence electrons. The first-order valence-corrected chi connectivity index (χ1v) is 7.70. The van der Waals surface area contributed by atoms with E-state index < -0.39 is 0 Å². The zero-order valence-corrected chi connectivity index (χ0v) is 12.5. The number of rotatable bonds is 7. The lowest BCUT2D eigenvalue weighted by Gasteiger charge is -2.40. The summed E-state index contributed by atoms with van der Waals surface area (Å²) in [5.41, 5.74) is 0.425. The molecule has 0 spiro atoms. The highest BCUT2D eigenvalue weighted by atomic mass is 15.1. The Hall–Kier alpha value is -0.120. The minimum atomic E-state index is 0.425. The van der Waals surface area contributed by atoms with Gasteiger partial charge in [-0.2, -0.15) is 0 Å². The van der Waals surface area contributed by atoms with E-state index in [-0.39, 0.29) is 0 Å². The van der Waals surface area contributed by atoms with Crippen LogP contribution < -0.4 is 10.6 Å². The molecule has 2 aliphatic rings. The first-order chi connectivity index (χ1) is 8.58. The van der Waals surface area contributed by atoms with E-state index in [1.165, 1.54) is 38.8 Å². The van der Waals surface area contributed by atoms with Gasteiger partial charge in [0.15, 0.2) is 0 Å². The minimum absolute atomic E-state index is 0.425. The van der Waals surface area contributed by atoms with Crippen LogP contribution in [0, 0.1) is 11.3 Å². The molecule has 3 heteroatoms. The van der Waals surface area contributed by atoms with Gasteiger partial charge in [0.2, 0.25) is 0 Å². The Kier molecular flexibility index (Phi) is 5.05. The fourth-order valence-electron chi connectivity index (χ4n) is 3.01. The summed E-state index contributed by atoms with van der Waals surface area (Å²) >= 11 is 0. The maximum absolute atomic E-state index is 3.64. The van der Waals surface area contributed by atoms with E-state index >= 15 is 0 Å². The topological polar surface area (TPSA) is 27.3 Å². The van der Waals surface area contributed by atoms with Crippen molar-refractivity contribution in [2.45, 2.75) is 45.6 Å². The number of hydrogen-bond acceptors (Lipinski definition) is 3. The molecule has 2 rings (SSSR count). The number of likely N-dealkylation sites (tertiary alicyclic amines) is 1. The Morgan fingerprint density at radius 1 is 1.17 bits per heavy atom. The highest BCUT2D eigenvalue weighted by molar-refractivity contribution is 4.85. The molecular formula is C15H31N3. The molecule has 0 aromatic heterocycles. The van der Waals surface area contributed by atoms with Gasteiger partial charge in [-0.1, -0.05) is 13.8 Å². The van der Waals surface area contributed by atoms with Gasteiger partial charge in [0.05, 0.1) is 0 Å². The van der Waals surface area contributed by atoms with E-state index in [0.29, 0.717) is 5.41 Å². The lowest BCUT2D eigenvalue weighted by atomic mass is 9.74. The van der Waals surface area contributed by atoms with Crippen LogP contribution in [0.1, 0.15) is 39.5 Å². The second kappa shape index (κ2) is 6.36. The van der Waals surface area contributed by atoms with Gasteiger partial charge in [0.25, 0.3) is 0 Å². The van der Waals surface area contributed by atoms with Crippen LogP contribution in [0.25, 0.3) is 0 Å². The van der Waals surface area contributed by atoms with Crippen LogP contribution in [0.15, 0.2) is 0 Å². The maximum atomic E-state index is 3.64. The van der Waals surface area contributed by atoms with Crippen molar-refractivity contribution in [1.29, 1.82) is 0 Å². The molecule has 1 unspecified atom stereocenters. The Bertz CT molecular complexity index is 248. The lowest BCUT2D eigenvalue weighted by molar-refractivity contribution is 0.103. The van der Waals surface area contributed by atoms with Crippen LogP contribution in [0.2, 0.25) is 0 Å². The van der Waals surface area contributed by atoms with Gasteiger partial charge in [-0.05, 0) is 50.6 Å². The van der Waals surface area contributed by atoms with E-state index in [1.807, 2.05) is 0 Å². The Morgan fingerprint density at radius 3 is 2.61 bits per heavy atom. The molecule has 0 aromatic carbocycles. The fourth-order valence-corrected chi connectivity index (χ4v) is 3.01. The van der Waals surface area contributed by atoms with E-state index in [9.17, 15) is 0 Å².